The van der Waals surface area contributed by atoms with Crippen molar-refractivity contribution in [3.05, 3.63) is 59.8 Å². The Labute approximate surface area is 184 Å². The number of carboxylic acid groups (broad SMARTS) is 1. The summed E-state index contributed by atoms with van der Waals surface area (Å²) in [7, 11) is 0. The molecule has 7 atom stereocenters. The van der Waals surface area contributed by atoms with Crippen LogP contribution in [0.4, 0.5) is 0 Å². The Balaban J connectivity index is 1.96. The second-order valence-corrected chi connectivity index (χ2v) is 9.30. The van der Waals surface area contributed by atoms with Crippen molar-refractivity contribution in [3.63, 3.8) is 0 Å². The largest absolute Gasteiger partial charge is 0.478 e. The van der Waals surface area contributed by atoms with Crippen molar-refractivity contribution in [2.24, 2.45) is 23.7 Å². The third kappa shape index (κ3) is 4.26. The highest BCUT2D eigenvalue weighted by Gasteiger charge is 2.70. The molecule has 1 fully saturated rings. The van der Waals surface area contributed by atoms with E-state index in [2.05, 4.69) is 19.9 Å². The predicted octanol–water partition coefficient (Wildman–Crippen LogP) is 4.40. The van der Waals surface area contributed by atoms with Crippen molar-refractivity contribution in [2.75, 3.05) is 0 Å². The second-order valence-electron chi connectivity index (χ2n) is 9.30. The molecule has 1 aliphatic heterocycles. The van der Waals surface area contributed by atoms with Gasteiger partial charge in [0.25, 0.3) is 0 Å². The summed E-state index contributed by atoms with van der Waals surface area (Å²) in [5, 5.41) is 20.9. The number of carboxylic acids is 1. The Bertz CT molecular complexity index is 863. The topological polar surface area (TPSA) is 87.1 Å². The first-order valence-electron chi connectivity index (χ1n) is 11.2. The van der Waals surface area contributed by atoms with Gasteiger partial charge in [0.2, 0.25) is 0 Å². The zero-order valence-electron chi connectivity index (χ0n) is 18.8. The van der Waals surface area contributed by atoms with Crippen LogP contribution in [0.2, 0.25) is 0 Å². The van der Waals surface area contributed by atoms with Crippen molar-refractivity contribution in [2.45, 2.75) is 64.3 Å². The van der Waals surface area contributed by atoms with E-state index in [0.717, 1.165) is 36.4 Å². The average molecular weight is 427 g/mol. The van der Waals surface area contributed by atoms with Crippen LogP contribution in [0.25, 0.3) is 0 Å². The minimum absolute atomic E-state index is 0.00277. The van der Waals surface area contributed by atoms with Crippen LogP contribution in [-0.4, -0.2) is 39.8 Å². The molecule has 0 saturated carbocycles. The van der Waals surface area contributed by atoms with Crippen LogP contribution in [0.1, 0.15) is 47.0 Å². The lowest BCUT2D eigenvalue weighted by Crippen LogP contribution is -2.57. The van der Waals surface area contributed by atoms with E-state index in [1.54, 1.807) is 12.2 Å². The van der Waals surface area contributed by atoms with E-state index in [1.807, 2.05) is 32.1 Å². The van der Waals surface area contributed by atoms with Crippen LogP contribution in [-0.2, 0) is 14.3 Å². The molecule has 1 heterocycles. The summed E-state index contributed by atoms with van der Waals surface area (Å²) in [5.41, 5.74) is -0.0808. The minimum atomic E-state index is -1.14. The second kappa shape index (κ2) is 9.09. The molecule has 5 heteroatoms. The molecule has 168 valence electrons. The normalized spacial score (nSPS) is 38.7. The lowest BCUT2D eigenvalue weighted by molar-refractivity contribution is -0.131. The van der Waals surface area contributed by atoms with Crippen molar-refractivity contribution in [1.82, 2.24) is 0 Å². The first-order chi connectivity index (χ1) is 14.7. The van der Waals surface area contributed by atoms with E-state index >= 15 is 0 Å². The smallest absolute Gasteiger partial charge is 0.328 e. The van der Waals surface area contributed by atoms with Gasteiger partial charge in [-0.3, -0.25) is 4.79 Å². The van der Waals surface area contributed by atoms with E-state index in [0.29, 0.717) is 12.3 Å². The summed E-state index contributed by atoms with van der Waals surface area (Å²) in [6.45, 7) is 8.29. The molecule has 7 unspecified atom stereocenters. The van der Waals surface area contributed by atoms with Crippen LogP contribution in [0.5, 0.6) is 0 Å². The Morgan fingerprint density at radius 2 is 2.03 bits per heavy atom. The van der Waals surface area contributed by atoms with Crippen LogP contribution >= 0.6 is 0 Å². The number of rotatable bonds is 8. The molecule has 0 aromatic carbocycles. The predicted molar refractivity (Wildman–Crippen MR) is 120 cm³/mol. The number of hydrogen-bond donors (Lipinski definition) is 2. The summed E-state index contributed by atoms with van der Waals surface area (Å²) in [6.07, 6.45) is 17.4. The third-order valence-corrected chi connectivity index (χ3v) is 7.50. The SMILES string of the molecule is CCC(C)C1OC1(C)C1(O)C(C)=CC2CC(C=O)=CCC2C1C=CC=CC=CC(=O)O. The molecular weight excluding hydrogens is 392 g/mol. The highest BCUT2D eigenvalue weighted by atomic mass is 16.6. The number of aliphatic carboxylic acids is 1. The number of allylic oxidation sites excluding steroid dienone is 7. The number of ether oxygens (including phenoxy) is 1. The molecule has 2 aliphatic carbocycles. The van der Waals surface area contributed by atoms with Crippen LogP contribution in [0, 0.1) is 23.7 Å². The number of aldehydes is 1. The fourth-order valence-electron chi connectivity index (χ4n) is 5.55. The first kappa shape index (κ1) is 23.4. The molecule has 3 aliphatic rings. The molecule has 31 heavy (non-hydrogen) atoms. The summed E-state index contributed by atoms with van der Waals surface area (Å²) >= 11 is 0. The Kier molecular flexibility index (Phi) is 6.87. The van der Waals surface area contributed by atoms with Gasteiger partial charge < -0.3 is 14.9 Å². The van der Waals surface area contributed by atoms with E-state index in [-0.39, 0.29) is 23.9 Å². The summed E-state index contributed by atoms with van der Waals surface area (Å²) in [4.78, 5) is 22.0. The summed E-state index contributed by atoms with van der Waals surface area (Å²) < 4.78 is 6.20. The van der Waals surface area contributed by atoms with Gasteiger partial charge in [-0.05, 0) is 55.6 Å². The van der Waals surface area contributed by atoms with Gasteiger partial charge in [0.1, 0.15) is 17.5 Å². The number of fused-ring (bicyclic) bond motifs is 1. The van der Waals surface area contributed by atoms with Gasteiger partial charge in [0.15, 0.2) is 0 Å². The van der Waals surface area contributed by atoms with Crippen LogP contribution in [0.3, 0.4) is 0 Å². The molecule has 0 spiro atoms. The Hall–Kier alpha value is -2.24. The van der Waals surface area contributed by atoms with E-state index in [4.69, 9.17) is 9.84 Å². The molecule has 2 N–H and O–H groups in total. The monoisotopic (exact) mass is 426 g/mol. The quantitative estimate of drug-likeness (QED) is 0.197. The van der Waals surface area contributed by atoms with E-state index in [9.17, 15) is 14.7 Å². The zero-order valence-corrected chi connectivity index (χ0v) is 18.8. The van der Waals surface area contributed by atoms with Gasteiger partial charge in [0, 0.05) is 12.0 Å². The molecule has 1 saturated heterocycles. The molecule has 0 aromatic rings. The molecule has 5 nitrogen and oxygen atoms in total. The van der Waals surface area contributed by atoms with Gasteiger partial charge in [-0.15, -0.1) is 0 Å². The molecule has 0 radical (unpaired) electrons. The van der Waals surface area contributed by atoms with Crippen LogP contribution < -0.4 is 0 Å². The Morgan fingerprint density at radius 1 is 1.32 bits per heavy atom. The maximum absolute atomic E-state index is 12.2. The van der Waals surface area contributed by atoms with E-state index in [1.165, 1.54) is 6.08 Å². The number of aliphatic hydroxyl groups is 1. The number of carbonyl (C=O) groups excluding carboxylic acids is 1. The van der Waals surface area contributed by atoms with Crippen molar-refractivity contribution in [1.29, 1.82) is 0 Å². The van der Waals surface area contributed by atoms with Gasteiger partial charge in [-0.1, -0.05) is 62.8 Å². The van der Waals surface area contributed by atoms with Crippen molar-refractivity contribution in [3.8, 4) is 0 Å². The van der Waals surface area contributed by atoms with Gasteiger partial charge in [-0.2, -0.15) is 0 Å². The standard InChI is InChI=1S/C26H34O5/c1-5-17(2)24-25(4,31-24)26(30)18(3)14-20-15-19(16-27)12-13-21(20)22(26)10-8-6-7-9-11-23(28)29/h6-12,14,16-17,20-22,24,30H,5,13,15H2,1-4H3,(H,28,29). The molecule has 0 aromatic heterocycles. The average Bonchev–Trinajstić information content (AvgIpc) is 3.45. The van der Waals surface area contributed by atoms with Crippen molar-refractivity contribution < 1.29 is 24.5 Å². The maximum Gasteiger partial charge on any atom is 0.328 e. The highest BCUT2D eigenvalue weighted by Crippen LogP contribution is 2.60. The van der Waals surface area contributed by atoms with Crippen molar-refractivity contribution >= 4 is 12.3 Å². The number of hydrogen-bond acceptors (Lipinski definition) is 4. The number of epoxide rings is 1. The lowest BCUT2D eigenvalue weighted by Gasteiger charge is -2.50. The van der Waals surface area contributed by atoms with E-state index < -0.39 is 17.2 Å². The van der Waals surface area contributed by atoms with Crippen LogP contribution in [0.15, 0.2) is 59.8 Å². The molecular formula is C26H34O5. The lowest BCUT2D eigenvalue weighted by atomic mass is 9.56. The van der Waals surface area contributed by atoms with Gasteiger partial charge in [0.05, 0.1) is 6.10 Å². The highest BCUT2D eigenvalue weighted by molar-refractivity contribution is 5.80. The minimum Gasteiger partial charge on any atom is -0.478 e. The fourth-order valence-corrected chi connectivity index (χ4v) is 5.55. The third-order valence-electron chi connectivity index (χ3n) is 7.50. The van der Waals surface area contributed by atoms with Gasteiger partial charge >= 0.3 is 5.97 Å². The Morgan fingerprint density at radius 3 is 2.68 bits per heavy atom. The molecule has 0 bridgehead atoms. The molecule has 0 amide bonds. The summed E-state index contributed by atoms with van der Waals surface area (Å²) in [5.74, 6) is -0.471. The fraction of sp³-hybridized carbons (Fsp3) is 0.538. The summed E-state index contributed by atoms with van der Waals surface area (Å²) in [6, 6.07) is 0. The maximum atomic E-state index is 12.2. The zero-order chi connectivity index (χ0) is 22.8. The number of carbonyl (C=O) groups is 2. The van der Waals surface area contributed by atoms with Gasteiger partial charge in [-0.25, -0.2) is 4.79 Å². The molecule has 3 rings (SSSR count). The first-order valence-corrected chi connectivity index (χ1v) is 11.2.